The van der Waals surface area contributed by atoms with Crippen molar-refractivity contribution < 1.29 is 14.7 Å². The number of carboxylic acids is 1. The molecular formula is C13H11ClN2O3S. The van der Waals surface area contributed by atoms with Crippen LogP contribution in [0.3, 0.4) is 0 Å². The van der Waals surface area contributed by atoms with Crippen LogP contribution in [0.2, 0.25) is 5.02 Å². The second-order valence-electron chi connectivity index (χ2n) is 4.11. The lowest BCUT2D eigenvalue weighted by molar-refractivity contribution is -0.136. The molecule has 1 aromatic carbocycles. The lowest BCUT2D eigenvalue weighted by atomic mass is 10.1. The van der Waals surface area contributed by atoms with Crippen LogP contribution in [0.1, 0.15) is 21.6 Å². The van der Waals surface area contributed by atoms with Crippen LogP contribution in [0.4, 0.5) is 5.13 Å². The van der Waals surface area contributed by atoms with E-state index in [9.17, 15) is 9.59 Å². The number of anilines is 1. The summed E-state index contributed by atoms with van der Waals surface area (Å²) >= 11 is 7.25. The normalized spacial score (nSPS) is 10.3. The zero-order chi connectivity index (χ0) is 14.7. The summed E-state index contributed by atoms with van der Waals surface area (Å²) in [7, 11) is 0. The monoisotopic (exact) mass is 310 g/mol. The summed E-state index contributed by atoms with van der Waals surface area (Å²) in [5.74, 6) is -1.33. The van der Waals surface area contributed by atoms with Crippen molar-refractivity contribution in [3.8, 4) is 0 Å². The molecule has 0 aliphatic carbocycles. The van der Waals surface area contributed by atoms with E-state index >= 15 is 0 Å². The highest BCUT2D eigenvalue weighted by molar-refractivity contribution is 7.14. The number of nitrogens with one attached hydrogen (secondary N) is 1. The number of halogens is 1. The van der Waals surface area contributed by atoms with Crippen molar-refractivity contribution in [3.63, 3.8) is 0 Å². The Labute approximate surface area is 124 Å². The summed E-state index contributed by atoms with van der Waals surface area (Å²) in [4.78, 5) is 26.7. The van der Waals surface area contributed by atoms with Crippen LogP contribution in [0.15, 0.2) is 23.6 Å². The van der Waals surface area contributed by atoms with E-state index in [1.807, 2.05) is 13.0 Å². The number of hydrogen-bond donors (Lipinski definition) is 2. The molecule has 0 aliphatic heterocycles. The van der Waals surface area contributed by atoms with E-state index in [2.05, 4.69) is 10.3 Å². The van der Waals surface area contributed by atoms with Crippen molar-refractivity contribution >= 4 is 39.9 Å². The van der Waals surface area contributed by atoms with E-state index in [0.29, 0.717) is 21.4 Å². The molecular weight excluding hydrogens is 300 g/mol. The van der Waals surface area contributed by atoms with Gasteiger partial charge < -0.3 is 5.11 Å². The molecule has 7 heteroatoms. The first-order valence-electron chi connectivity index (χ1n) is 5.70. The smallest absolute Gasteiger partial charge is 0.309 e. The minimum absolute atomic E-state index is 0.169. The van der Waals surface area contributed by atoms with Crippen molar-refractivity contribution in [1.82, 2.24) is 4.98 Å². The van der Waals surface area contributed by atoms with Gasteiger partial charge in [0, 0.05) is 5.38 Å². The summed E-state index contributed by atoms with van der Waals surface area (Å²) in [5, 5.41) is 13.6. The molecule has 2 rings (SSSR count). The van der Waals surface area contributed by atoms with Gasteiger partial charge in [0.15, 0.2) is 5.13 Å². The van der Waals surface area contributed by atoms with Gasteiger partial charge in [0.25, 0.3) is 5.91 Å². The van der Waals surface area contributed by atoms with Gasteiger partial charge in [0.1, 0.15) is 0 Å². The van der Waals surface area contributed by atoms with E-state index < -0.39 is 5.97 Å². The number of thiazole rings is 1. The molecule has 2 N–H and O–H groups in total. The van der Waals surface area contributed by atoms with Crippen LogP contribution in [-0.2, 0) is 11.2 Å². The first-order valence-corrected chi connectivity index (χ1v) is 6.96. The quantitative estimate of drug-likeness (QED) is 0.910. The molecule has 1 heterocycles. The molecule has 0 radical (unpaired) electrons. The van der Waals surface area contributed by atoms with Crippen molar-refractivity contribution in [2.75, 3.05) is 5.32 Å². The molecule has 0 atom stereocenters. The van der Waals surface area contributed by atoms with Gasteiger partial charge in [-0.05, 0) is 18.6 Å². The first kappa shape index (κ1) is 14.5. The summed E-state index contributed by atoms with van der Waals surface area (Å²) < 4.78 is 0. The van der Waals surface area contributed by atoms with E-state index in [1.165, 1.54) is 11.3 Å². The molecule has 2 aromatic rings. The van der Waals surface area contributed by atoms with Gasteiger partial charge in [-0.25, -0.2) is 4.98 Å². The van der Waals surface area contributed by atoms with Crippen LogP contribution in [0.25, 0.3) is 0 Å². The Kier molecular flexibility index (Phi) is 4.36. The zero-order valence-electron chi connectivity index (χ0n) is 10.5. The Hall–Kier alpha value is -1.92. The topological polar surface area (TPSA) is 79.3 Å². The van der Waals surface area contributed by atoms with E-state index in [1.54, 1.807) is 17.5 Å². The molecule has 0 saturated heterocycles. The SMILES string of the molecule is Cc1cccc(C(=O)Nc2nc(CC(=O)O)cs2)c1Cl. The fourth-order valence-corrected chi connectivity index (χ4v) is 2.50. The van der Waals surface area contributed by atoms with Gasteiger partial charge in [-0.1, -0.05) is 23.7 Å². The van der Waals surface area contributed by atoms with Crippen LogP contribution in [0.5, 0.6) is 0 Å². The lowest BCUT2D eigenvalue weighted by Crippen LogP contribution is -2.13. The molecule has 0 bridgehead atoms. The number of amides is 1. The highest BCUT2D eigenvalue weighted by Crippen LogP contribution is 2.22. The van der Waals surface area contributed by atoms with Gasteiger partial charge in [-0.3, -0.25) is 14.9 Å². The highest BCUT2D eigenvalue weighted by atomic mass is 35.5. The van der Waals surface area contributed by atoms with E-state index in [-0.39, 0.29) is 12.3 Å². The van der Waals surface area contributed by atoms with Crippen molar-refractivity contribution in [1.29, 1.82) is 0 Å². The van der Waals surface area contributed by atoms with Crippen molar-refractivity contribution in [2.45, 2.75) is 13.3 Å². The number of carbonyl (C=O) groups is 2. The van der Waals surface area contributed by atoms with Gasteiger partial charge >= 0.3 is 5.97 Å². The molecule has 0 unspecified atom stereocenters. The lowest BCUT2D eigenvalue weighted by Gasteiger charge is -2.05. The second kappa shape index (κ2) is 6.02. The van der Waals surface area contributed by atoms with Crippen molar-refractivity contribution in [3.05, 3.63) is 45.4 Å². The largest absolute Gasteiger partial charge is 0.481 e. The summed E-state index contributed by atoms with van der Waals surface area (Å²) in [6, 6.07) is 5.18. The number of aliphatic carboxylic acids is 1. The molecule has 0 aliphatic rings. The second-order valence-corrected chi connectivity index (χ2v) is 5.34. The molecule has 104 valence electrons. The van der Waals surface area contributed by atoms with Gasteiger partial charge in [0.2, 0.25) is 0 Å². The van der Waals surface area contributed by atoms with Gasteiger partial charge in [0.05, 0.1) is 22.7 Å². The fourth-order valence-electron chi connectivity index (χ4n) is 1.59. The van der Waals surface area contributed by atoms with Crippen LogP contribution in [0, 0.1) is 6.92 Å². The number of aromatic nitrogens is 1. The summed E-state index contributed by atoms with van der Waals surface area (Å²) in [6.07, 6.45) is -0.169. The molecule has 0 fully saturated rings. The van der Waals surface area contributed by atoms with Gasteiger partial charge in [-0.15, -0.1) is 11.3 Å². The van der Waals surface area contributed by atoms with Crippen LogP contribution < -0.4 is 5.32 Å². The maximum absolute atomic E-state index is 12.1. The predicted molar refractivity (Wildman–Crippen MR) is 77.6 cm³/mol. The number of nitrogens with zero attached hydrogens (tertiary/aromatic N) is 1. The number of carboxylic acid groups (broad SMARTS) is 1. The predicted octanol–water partition coefficient (Wildman–Crippen LogP) is 2.98. The Morgan fingerprint density at radius 3 is 2.90 bits per heavy atom. The number of aryl methyl sites for hydroxylation is 1. The van der Waals surface area contributed by atoms with E-state index in [0.717, 1.165) is 5.56 Å². The number of benzene rings is 1. The number of rotatable bonds is 4. The Morgan fingerprint density at radius 2 is 2.20 bits per heavy atom. The number of carbonyl (C=O) groups excluding carboxylic acids is 1. The van der Waals surface area contributed by atoms with Crippen LogP contribution >= 0.6 is 22.9 Å². The maximum atomic E-state index is 12.1. The zero-order valence-corrected chi connectivity index (χ0v) is 12.1. The van der Waals surface area contributed by atoms with Crippen LogP contribution in [-0.4, -0.2) is 22.0 Å². The average Bonchev–Trinajstić information content (AvgIpc) is 2.79. The third kappa shape index (κ3) is 3.34. The minimum atomic E-state index is -0.963. The summed E-state index contributed by atoms with van der Waals surface area (Å²) in [5.41, 5.74) is 1.58. The Balaban J connectivity index is 2.13. The summed E-state index contributed by atoms with van der Waals surface area (Å²) in [6.45, 7) is 1.81. The molecule has 1 aromatic heterocycles. The van der Waals surface area contributed by atoms with Gasteiger partial charge in [-0.2, -0.15) is 0 Å². The van der Waals surface area contributed by atoms with Crippen molar-refractivity contribution in [2.24, 2.45) is 0 Å². The Bertz CT molecular complexity index is 669. The fraction of sp³-hybridized carbons (Fsp3) is 0.154. The highest BCUT2D eigenvalue weighted by Gasteiger charge is 2.14. The van der Waals surface area contributed by atoms with E-state index in [4.69, 9.17) is 16.7 Å². The maximum Gasteiger partial charge on any atom is 0.309 e. The molecule has 0 saturated carbocycles. The molecule has 5 nitrogen and oxygen atoms in total. The third-order valence-electron chi connectivity index (χ3n) is 2.54. The first-order chi connectivity index (χ1) is 9.47. The molecule has 1 amide bonds. The third-order valence-corrected chi connectivity index (χ3v) is 3.85. The standard InChI is InChI=1S/C13H11ClN2O3S/c1-7-3-2-4-9(11(7)14)12(19)16-13-15-8(6-20-13)5-10(17)18/h2-4,6H,5H2,1H3,(H,17,18)(H,15,16,19). The minimum Gasteiger partial charge on any atom is -0.481 e. The molecule has 20 heavy (non-hydrogen) atoms. The number of hydrogen-bond acceptors (Lipinski definition) is 4. The average molecular weight is 311 g/mol. The Morgan fingerprint density at radius 1 is 1.45 bits per heavy atom. The molecule has 0 spiro atoms.